The molecule has 1 aliphatic rings. The van der Waals surface area contributed by atoms with Gasteiger partial charge in [-0.2, -0.15) is 0 Å². The van der Waals surface area contributed by atoms with Gasteiger partial charge in [0, 0.05) is 12.8 Å². The molecule has 0 aromatic rings. The van der Waals surface area contributed by atoms with E-state index >= 15 is 0 Å². The van der Waals surface area contributed by atoms with Crippen LogP contribution in [0.1, 0.15) is 136 Å². The van der Waals surface area contributed by atoms with E-state index in [2.05, 4.69) is 55.7 Å². The molecule has 50 heavy (non-hydrogen) atoms. The Hall–Kier alpha value is -1.85. The van der Waals surface area contributed by atoms with Gasteiger partial charge >= 0.3 is 19.8 Å². The minimum absolute atomic E-state index is 0.157. The average molecular weight is 731 g/mol. The van der Waals surface area contributed by atoms with Crippen molar-refractivity contribution in [2.24, 2.45) is 5.92 Å². The van der Waals surface area contributed by atoms with Crippen LogP contribution in [0, 0.1) is 5.92 Å². The molecule has 0 aliphatic carbocycles. The van der Waals surface area contributed by atoms with Gasteiger partial charge in [0.1, 0.15) is 12.7 Å². The number of ether oxygens (including phenoxy) is 3. The Labute approximate surface area is 301 Å². The molecule has 1 heterocycles. The standard InChI is InChI=1S/C38H67O11P/c1-4-5-6-7-8-9-10-14-19-24-35-36(49-35)25-20-16-17-21-26-37(41)45-30-34(31-47-50(43,44)46-29-33(40)28-39)48-38(42)27-22-15-12-11-13-18-23-32(2)3/h8-9,14,16,19-20,32-36,39-40H,4-7,10-13,15,17-18,21-31H2,1-3H3,(H,43,44)/b9-8-,19-14-,20-16-/t33-,34+,35?,36?/m0/s1. The van der Waals surface area contributed by atoms with Crippen molar-refractivity contribution in [2.75, 3.05) is 26.4 Å². The van der Waals surface area contributed by atoms with E-state index in [1.165, 1.54) is 38.5 Å². The Balaban J connectivity index is 2.34. The van der Waals surface area contributed by atoms with Crippen LogP contribution in [-0.4, -0.2) is 77.9 Å². The third-order valence-corrected chi connectivity index (χ3v) is 9.08. The minimum Gasteiger partial charge on any atom is -0.462 e. The number of carbonyl (C=O) groups excluding carboxylic acids is 2. The summed E-state index contributed by atoms with van der Waals surface area (Å²) in [6.07, 6.45) is 27.5. The fourth-order valence-corrected chi connectivity index (χ4v) is 5.82. The number of epoxide rings is 1. The lowest BCUT2D eigenvalue weighted by Crippen LogP contribution is -2.29. The number of carbonyl (C=O) groups is 2. The number of allylic oxidation sites excluding steroid dienone is 4. The molecule has 1 saturated heterocycles. The molecule has 11 nitrogen and oxygen atoms in total. The first-order chi connectivity index (χ1) is 24.1. The van der Waals surface area contributed by atoms with E-state index in [0.717, 1.165) is 44.9 Å². The van der Waals surface area contributed by atoms with Crippen LogP contribution < -0.4 is 0 Å². The number of esters is 2. The fraction of sp³-hybridized carbons (Fsp3) is 0.789. The zero-order valence-corrected chi connectivity index (χ0v) is 31.9. The van der Waals surface area contributed by atoms with Crippen molar-refractivity contribution in [3.8, 4) is 0 Å². The summed E-state index contributed by atoms with van der Waals surface area (Å²) in [4.78, 5) is 34.8. The van der Waals surface area contributed by atoms with E-state index in [1.807, 2.05) is 6.08 Å². The molecule has 1 rings (SSSR count). The van der Waals surface area contributed by atoms with Crippen LogP contribution >= 0.6 is 7.82 Å². The normalized spacial score (nSPS) is 18.6. The maximum atomic E-state index is 12.5. The maximum absolute atomic E-state index is 12.5. The zero-order chi connectivity index (χ0) is 36.9. The Morgan fingerprint density at radius 3 is 2.06 bits per heavy atom. The number of unbranched alkanes of at least 4 members (excludes halogenated alkanes) is 9. The molecule has 0 spiro atoms. The van der Waals surface area contributed by atoms with Crippen LogP contribution in [0.25, 0.3) is 0 Å². The summed E-state index contributed by atoms with van der Waals surface area (Å²) in [5.74, 6) is -0.301. The van der Waals surface area contributed by atoms with Crippen LogP contribution in [0.5, 0.6) is 0 Å². The highest BCUT2D eigenvalue weighted by Gasteiger charge is 2.36. The highest BCUT2D eigenvalue weighted by molar-refractivity contribution is 7.47. The van der Waals surface area contributed by atoms with Gasteiger partial charge in [-0.05, 0) is 57.3 Å². The topological polar surface area (TPSA) is 161 Å². The number of phosphoric ester groups is 1. The fourth-order valence-electron chi connectivity index (χ4n) is 5.03. The van der Waals surface area contributed by atoms with Crippen molar-refractivity contribution in [2.45, 2.75) is 161 Å². The zero-order valence-electron chi connectivity index (χ0n) is 31.0. The van der Waals surface area contributed by atoms with Crippen LogP contribution in [-0.2, 0) is 37.4 Å². The van der Waals surface area contributed by atoms with Crippen molar-refractivity contribution < 1.29 is 52.5 Å². The van der Waals surface area contributed by atoms with Crippen molar-refractivity contribution in [1.29, 1.82) is 0 Å². The van der Waals surface area contributed by atoms with Gasteiger partial charge in [-0.3, -0.25) is 18.6 Å². The monoisotopic (exact) mass is 730 g/mol. The molecule has 3 N–H and O–H groups in total. The number of rotatable bonds is 33. The first kappa shape index (κ1) is 46.2. The van der Waals surface area contributed by atoms with E-state index in [4.69, 9.17) is 23.8 Å². The molecule has 5 atom stereocenters. The van der Waals surface area contributed by atoms with Crippen molar-refractivity contribution in [1.82, 2.24) is 0 Å². The van der Waals surface area contributed by atoms with Crippen molar-refractivity contribution >= 4 is 19.8 Å². The van der Waals surface area contributed by atoms with Gasteiger partial charge in [-0.1, -0.05) is 109 Å². The lowest BCUT2D eigenvalue weighted by atomic mass is 10.0. The summed E-state index contributed by atoms with van der Waals surface area (Å²) in [5.41, 5.74) is 0. The Morgan fingerprint density at radius 1 is 0.760 bits per heavy atom. The van der Waals surface area contributed by atoms with E-state index in [-0.39, 0.29) is 31.7 Å². The molecule has 0 aromatic heterocycles. The van der Waals surface area contributed by atoms with E-state index in [1.54, 1.807) is 0 Å². The molecule has 0 amide bonds. The smallest absolute Gasteiger partial charge is 0.462 e. The molecule has 1 aliphatic heterocycles. The summed E-state index contributed by atoms with van der Waals surface area (Å²) >= 11 is 0. The second kappa shape index (κ2) is 29.7. The van der Waals surface area contributed by atoms with E-state index in [0.29, 0.717) is 25.2 Å². The van der Waals surface area contributed by atoms with Gasteiger partial charge in [0.05, 0.1) is 32.0 Å². The SMILES string of the molecule is CCCCC/C=C\C/C=C\CC1OC1C/C=C\CCCC(=O)OC[C@H](COP(=O)(O)OC[C@@H](O)CO)OC(=O)CCCCCCCCC(C)C. The van der Waals surface area contributed by atoms with Crippen molar-refractivity contribution in [3.05, 3.63) is 36.5 Å². The molecule has 0 saturated carbocycles. The van der Waals surface area contributed by atoms with Gasteiger partial charge < -0.3 is 29.3 Å². The number of aliphatic hydroxyl groups is 2. The predicted octanol–water partition coefficient (Wildman–Crippen LogP) is 8.06. The maximum Gasteiger partial charge on any atom is 0.472 e. The minimum atomic E-state index is -4.63. The number of hydrogen-bond donors (Lipinski definition) is 3. The number of phosphoric acid groups is 1. The average Bonchev–Trinajstić information content (AvgIpc) is 3.84. The Morgan fingerprint density at radius 2 is 1.36 bits per heavy atom. The summed E-state index contributed by atoms with van der Waals surface area (Å²) in [5, 5.41) is 18.3. The summed E-state index contributed by atoms with van der Waals surface area (Å²) in [6, 6.07) is 0. The molecular weight excluding hydrogens is 663 g/mol. The van der Waals surface area contributed by atoms with Crippen molar-refractivity contribution in [3.63, 3.8) is 0 Å². The summed E-state index contributed by atoms with van der Waals surface area (Å²) in [6.45, 7) is 4.46. The Bertz CT molecular complexity index is 1010. The van der Waals surface area contributed by atoms with Crippen LogP contribution in [0.3, 0.4) is 0 Å². The second-order valence-electron chi connectivity index (χ2n) is 13.5. The van der Waals surface area contributed by atoms with Gasteiger partial charge in [0.2, 0.25) is 0 Å². The molecule has 12 heteroatoms. The quantitative estimate of drug-likeness (QED) is 0.0197. The lowest BCUT2D eigenvalue weighted by Gasteiger charge is -2.20. The summed E-state index contributed by atoms with van der Waals surface area (Å²) in [7, 11) is -4.63. The van der Waals surface area contributed by atoms with Crippen LogP contribution in [0.4, 0.5) is 0 Å². The van der Waals surface area contributed by atoms with E-state index < -0.39 is 51.8 Å². The first-order valence-electron chi connectivity index (χ1n) is 18.9. The largest absolute Gasteiger partial charge is 0.472 e. The van der Waals surface area contributed by atoms with Gasteiger partial charge in [0.15, 0.2) is 6.10 Å². The first-order valence-corrected chi connectivity index (χ1v) is 20.4. The molecule has 0 bridgehead atoms. The van der Waals surface area contributed by atoms with Gasteiger partial charge in [0.25, 0.3) is 0 Å². The molecule has 3 unspecified atom stereocenters. The molecular formula is C38H67O11P. The lowest BCUT2D eigenvalue weighted by molar-refractivity contribution is -0.161. The third-order valence-electron chi connectivity index (χ3n) is 8.13. The van der Waals surface area contributed by atoms with Gasteiger partial charge in [-0.25, -0.2) is 4.57 Å². The summed E-state index contributed by atoms with van der Waals surface area (Å²) < 4.78 is 38.2. The molecule has 0 aromatic carbocycles. The van der Waals surface area contributed by atoms with Crippen LogP contribution in [0.2, 0.25) is 0 Å². The number of aliphatic hydroxyl groups excluding tert-OH is 2. The second-order valence-corrected chi connectivity index (χ2v) is 14.9. The van der Waals surface area contributed by atoms with Crippen LogP contribution in [0.15, 0.2) is 36.5 Å². The predicted molar refractivity (Wildman–Crippen MR) is 195 cm³/mol. The third kappa shape index (κ3) is 27.8. The number of hydrogen-bond acceptors (Lipinski definition) is 10. The highest BCUT2D eigenvalue weighted by Crippen LogP contribution is 2.43. The molecule has 1 fully saturated rings. The highest BCUT2D eigenvalue weighted by atomic mass is 31.2. The van der Waals surface area contributed by atoms with Gasteiger partial charge in [-0.15, -0.1) is 0 Å². The molecule has 0 radical (unpaired) electrons. The Kier molecular flexibility index (Phi) is 27.4. The molecule has 290 valence electrons. The van der Waals surface area contributed by atoms with E-state index in [9.17, 15) is 24.2 Å².